The number of hydrogen-bond acceptors (Lipinski definition) is 5. The van der Waals surface area contributed by atoms with Gasteiger partial charge in [0.15, 0.2) is 0 Å². The summed E-state index contributed by atoms with van der Waals surface area (Å²) in [5, 5.41) is 0. The molecule has 15 heavy (non-hydrogen) atoms. The summed E-state index contributed by atoms with van der Waals surface area (Å²) < 4.78 is 0. The number of nitrogens with zero attached hydrogens (tertiary/aromatic N) is 4. The molecule has 1 aromatic heterocycles. The lowest BCUT2D eigenvalue weighted by Crippen LogP contribution is -2.44. The summed E-state index contributed by atoms with van der Waals surface area (Å²) in [4.78, 5) is 14.4. The molecule has 1 saturated heterocycles. The van der Waals surface area contributed by atoms with Gasteiger partial charge in [-0.25, -0.2) is 9.97 Å². The van der Waals surface area contributed by atoms with Gasteiger partial charge >= 0.3 is 0 Å². The van der Waals surface area contributed by atoms with Crippen LogP contribution in [0.5, 0.6) is 0 Å². The molecule has 0 radical (unpaired) electrons. The van der Waals surface area contributed by atoms with Crippen molar-refractivity contribution < 1.29 is 0 Å². The maximum Gasteiger partial charge on any atom is 0.230 e. The van der Waals surface area contributed by atoms with Crippen molar-refractivity contribution in [3.05, 3.63) is 6.33 Å². The minimum atomic E-state index is 0.296. The normalized spacial score (nSPS) is 26.7. The van der Waals surface area contributed by atoms with Crippen molar-refractivity contribution in [1.82, 2.24) is 15.0 Å². The summed E-state index contributed by atoms with van der Waals surface area (Å²) in [5.74, 6) is 1.01. The molecule has 2 heterocycles. The van der Waals surface area contributed by atoms with E-state index in [9.17, 15) is 0 Å². The summed E-state index contributed by atoms with van der Waals surface area (Å²) in [6.07, 6.45) is 5.14. The summed E-state index contributed by atoms with van der Waals surface area (Å²) in [7, 11) is 0. The smallest absolute Gasteiger partial charge is 0.230 e. The topological polar surface area (TPSA) is 67.9 Å². The molecule has 0 aliphatic carbocycles. The summed E-state index contributed by atoms with van der Waals surface area (Å²) in [6, 6.07) is 0.964. The average molecular weight is 207 g/mol. The third-order valence-corrected chi connectivity index (χ3v) is 3.00. The molecule has 5 heteroatoms. The largest absolute Gasteiger partial charge is 0.368 e. The van der Waals surface area contributed by atoms with Crippen LogP contribution >= 0.6 is 0 Å². The standard InChI is InChI=1S/C10H17N5/c1-7-4-3-5-8(2)15(7)10-13-6-12-9(11)14-10/h6-8H,3-5H2,1-2H3,(H2,11,12,13,14)/t7-,8-/m1/s1. The summed E-state index contributed by atoms with van der Waals surface area (Å²) in [5.41, 5.74) is 5.57. The van der Waals surface area contributed by atoms with E-state index in [-0.39, 0.29) is 0 Å². The number of hydrogen-bond donors (Lipinski definition) is 1. The van der Waals surface area contributed by atoms with Crippen molar-refractivity contribution in [2.45, 2.75) is 45.2 Å². The second-order valence-electron chi connectivity index (χ2n) is 4.18. The van der Waals surface area contributed by atoms with Gasteiger partial charge in [0.2, 0.25) is 11.9 Å². The number of nitrogens with two attached hydrogens (primary N) is 1. The van der Waals surface area contributed by atoms with E-state index in [0.29, 0.717) is 24.0 Å². The Kier molecular flexibility index (Phi) is 2.70. The molecule has 0 spiro atoms. The van der Waals surface area contributed by atoms with Gasteiger partial charge in [0, 0.05) is 12.1 Å². The van der Waals surface area contributed by atoms with Crippen molar-refractivity contribution in [2.75, 3.05) is 10.6 Å². The van der Waals surface area contributed by atoms with Gasteiger partial charge in [0.1, 0.15) is 6.33 Å². The maximum absolute atomic E-state index is 5.57. The Morgan fingerprint density at radius 1 is 1.27 bits per heavy atom. The molecule has 0 bridgehead atoms. The lowest BCUT2D eigenvalue weighted by atomic mass is 9.98. The molecule has 2 rings (SSSR count). The fourth-order valence-electron chi connectivity index (χ4n) is 2.24. The van der Waals surface area contributed by atoms with Gasteiger partial charge in [-0.1, -0.05) is 0 Å². The lowest BCUT2D eigenvalue weighted by molar-refractivity contribution is 0.407. The SMILES string of the molecule is C[C@@H]1CCC[C@@H](C)N1c1ncnc(N)n1. The molecule has 5 nitrogen and oxygen atoms in total. The molecule has 1 fully saturated rings. The lowest BCUT2D eigenvalue weighted by Gasteiger charge is -2.38. The minimum absolute atomic E-state index is 0.296. The van der Waals surface area contributed by atoms with Crippen LogP contribution in [0.3, 0.4) is 0 Å². The molecule has 1 aliphatic heterocycles. The van der Waals surface area contributed by atoms with E-state index in [1.54, 1.807) is 0 Å². The Hall–Kier alpha value is -1.39. The molecule has 0 aromatic carbocycles. The fraction of sp³-hybridized carbons (Fsp3) is 0.700. The zero-order valence-corrected chi connectivity index (χ0v) is 9.22. The Balaban J connectivity index is 2.27. The number of rotatable bonds is 1. The Bertz CT molecular complexity index is 330. The predicted molar refractivity (Wildman–Crippen MR) is 59.5 cm³/mol. The van der Waals surface area contributed by atoms with Gasteiger partial charge < -0.3 is 10.6 Å². The van der Waals surface area contributed by atoms with Crippen molar-refractivity contribution in [3.63, 3.8) is 0 Å². The third-order valence-electron chi connectivity index (χ3n) is 3.00. The average Bonchev–Trinajstić information content (AvgIpc) is 2.17. The number of aromatic nitrogens is 3. The van der Waals surface area contributed by atoms with Crippen LogP contribution in [0.2, 0.25) is 0 Å². The van der Waals surface area contributed by atoms with E-state index >= 15 is 0 Å². The van der Waals surface area contributed by atoms with Crippen LogP contribution in [0, 0.1) is 0 Å². The summed E-state index contributed by atoms with van der Waals surface area (Å²) >= 11 is 0. The van der Waals surface area contributed by atoms with Crippen LogP contribution < -0.4 is 10.6 Å². The molecule has 2 N–H and O–H groups in total. The zero-order valence-electron chi connectivity index (χ0n) is 9.22. The van der Waals surface area contributed by atoms with Gasteiger partial charge in [0.05, 0.1) is 0 Å². The molecule has 1 aliphatic rings. The van der Waals surface area contributed by atoms with E-state index < -0.39 is 0 Å². The quantitative estimate of drug-likeness (QED) is 0.750. The van der Waals surface area contributed by atoms with Gasteiger partial charge in [-0.3, -0.25) is 0 Å². The molecule has 0 amide bonds. The van der Waals surface area contributed by atoms with Crippen molar-refractivity contribution >= 4 is 11.9 Å². The first-order valence-corrected chi connectivity index (χ1v) is 5.41. The Morgan fingerprint density at radius 3 is 2.53 bits per heavy atom. The van der Waals surface area contributed by atoms with Crippen LogP contribution in [0.1, 0.15) is 33.1 Å². The Labute approximate surface area is 89.7 Å². The number of anilines is 2. The molecule has 2 atom stereocenters. The van der Waals surface area contributed by atoms with Gasteiger partial charge in [0.25, 0.3) is 0 Å². The van der Waals surface area contributed by atoms with Gasteiger partial charge in [-0.2, -0.15) is 4.98 Å². The monoisotopic (exact) mass is 207 g/mol. The minimum Gasteiger partial charge on any atom is -0.368 e. The zero-order chi connectivity index (χ0) is 10.8. The molecular formula is C10H17N5. The third kappa shape index (κ3) is 2.00. The molecule has 82 valence electrons. The highest BCUT2D eigenvalue weighted by Crippen LogP contribution is 2.26. The summed E-state index contributed by atoms with van der Waals surface area (Å²) in [6.45, 7) is 4.41. The van der Waals surface area contributed by atoms with E-state index in [2.05, 4.69) is 33.7 Å². The number of piperidine rings is 1. The van der Waals surface area contributed by atoms with Gasteiger partial charge in [-0.15, -0.1) is 0 Å². The first kappa shape index (κ1) is 10.1. The van der Waals surface area contributed by atoms with Crippen LogP contribution in [0.4, 0.5) is 11.9 Å². The maximum atomic E-state index is 5.57. The van der Waals surface area contributed by atoms with Crippen LogP contribution in [-0.4, -0.2) is 27.0 Å². The highest BCUT2D eigenvalue weighted by atomic mass is 15.3. The van der Waals surface area contributed by atoms with Crippen molar-refractivity contribution in [2.24, 2.45) is 0 Å². The highest BCUT2D eigenvalue weighted by molar-refractivity contribution is 5.36. The van der Waals surface area contributed by atoms with Crippen LogP contribution in [0.25, 0.3) is 0 Å². The first-order valence-electron chi connectivity index (χ1n) is 5.41. The molecular weight excluding hydrogens is 190 g/mol. The highest BCUT2D eigenvalue weighted by Gasteiger charge is 2.26. The Morgan fingerprint density at radius 2 is 1.93 bits per heavy atom. The first-order chi connectivity index (χ1) is 7.18. The second kappa shape index (κ2) is 4.00. The predicted octanol–water partition coefficient (Wildman–Crippen LogP) is 1.22. The van der Waals surface area contributed by atoms with E-state index in [1.165, 1.54) is 25.6 Å². The van der Waals surface area contributed by atoms with Crippen molar-refractivity contribution in [1.29, 1.82) is 0 Å². The van der Waals surface area contributed by atoms with Crippen molar-refractivity contribution in [3.8, 4) is 0 Å². The fourth-order valence-corrected chi connectivity index (χ4v) is 2.24. The van der Waals surface area contributed by atoms with E-state index in [1.807, 2.05) is 0 Å². The van der Waals surface area contributed by atoms with Crippen LogP contribution in [-0.2, 0) is 0 Å². The van der Waals surface area contributed by atoms with Crippen LogP contribution in [0.15, 0.2) is 6.33 Å². The number of nitrogen functional groups attached to an aromatic ring is 1. The van der Waals surface area contributed by atoms with E-state index in [4.69, 9.17) is 5.73 Å². The van der Waals surface area contributed by atoms with Gasteiger partial charge in [-0.05, 0) is 33.1 Å². The van der Waals surface area contributed by atoms with E-state index in [0.717, 1.165) is 0 Å². The second-order valence-corrected chi connectivity index (χ2v) is 4.18. The molecule has 1 aromatic rings. The molecule has 0 saturated carbocycles. The molecule has 0 unspecified atom stereocenters.